The molecule has 0 saturated carbocycles. The van der Waals surface area contributed by atoms with Crippen molar-refractivity contribution in [3.63, 3.8) is 0 Å². The Morgan fingerprint density at radius 2 is 1.64 bits per heavy atom. The minimum Gasteiger partial charge on any atom is -0.352 e. The predicted octanol–water partition coefficient (Wildman–Crippen LogP) is 1.04. The van der Waals surface area contributed by atoms with Crippen LogP contribution in [0.25, 0.3) is 5.65 Å². The molecular formula is C17H20N8. The molecule has 2 aliphatic rings. The summed E-state index contributed by atoms with van der Waals surface area (Å²) >= 11 is 0. The van der Waals surface area contributed by atoms with Crippen LogP contribution in [-0.4, -0.2) is 56.2 Å². The average Bonchev–Trinajstić information content (AvgIpc) is 3.28. The van der Waals surface area contributed by atoms with E-state index < -0.39 is 0 Å². The average molecular weight is 336 g/mol. The highest BCUT2D eigenvalue weighted by Crippen LogP contribution is 2.24. The van der Waals surface area contributed by atoms with Crippen LogP contribution >= 0.6 is 0 Å². The van der Waals surface area contributed by atoms with Crippen molar-refractivity contribution in [3.8, 4) is 0 Å². The van der Waals surface area contributed by atoms with Gasteiger partial charge in [-0.15, -0.1) is 20.4 Å². The summed E-state index contributed by atoms with van der Waals surface area (Å²) in [6.45, 7) is 5.60. The number of hydrogen-bond donors (Lipinski definition) is 0. The van der Waals surface area contributed by atoms with Crippen LogP contribution < -0.4 is 9.80 Å². The molecule has 8 heteroatoms. The second kappa shape index (κ2) is 5.65. The van der Waals surface area contributed by atoms with Gasteiger partial charge in [0.05, 0.1) is 5.69 Å². The zero-order chi connectivity index (χ0) is 16.8. The minimum atomic E-state index is 0.785. The van der Waals surface area contributed by atoms with Gasteiger partial charge in [0.15, 0.2) is 17.3 Å². The molecule has 25 heavy (non-hydrogen) atoms. The summed E-state index contributed by atoms with van der Waals surface area (Å²) in [4.78, 5) is 4.63. The Balaban J connectivity index is 1.32. The first-order chi connectivity index (χ1) is 12.3. The molecule has 1 fully saturated rings. The van der Waals surface area contributed by atoms with Gasteiger partial charge in [-0.05, 0) is 49.9 Å². The van der Waals surface area contributed by atoms with Gasteiger partial charge in [0.1, 0.15) is 5.82 Å². The minimum absolute atomic E-state index is 0.785. The van der Waals surface area contributed by atoms with Crippen molar-refractivity contribution in [1.82, 2.24) is 30.0 Å². The lowest BCUT2D eigenvalue weighted by atomic mass is 10.2. The molecule has 0 unspecified atom stereocenters. The molecule has 0 aromatic carbocycles. The summed E-state index contributed by atoms with van der Waals surface area (Å²) in [6.07, 6.45) is 3.42. The molecule has 3 aromatic heterocycles. The van der Waals surface area contributed by atoms with Gasteiger partial charge in [0.2, 0.25) is 0 Å². The van der Waals surface area contributed by atoms with Crippen LogP contribution in [0.1, 0.15) is 23.5 Å². The lowest BCUT2D eigenvalue weighted by molar-refractivity contribution is 0.631. The molecule has 1 aliphatic heterocycles. The van der Waals surface area contributed by atoms with Crippen molar-refractivity contribution in [2.24, 2.45) is 0 Å². The smallest absolute Gasteiger partial charge is 0.178 e. The van der Waals surface area contributed by atoms with E-state index in [2.05, 4.69) is 41.4 Å². The van der Waals surface area contributed by atoms with Crippen LogP contribution in [0.5, 0.6) is 0 Å². The van der Waals surface area contributed by atoms with Gasteiger partial charge in [-0.2, -0.15) is 9.61 Å². The normalized spacial score (nSPS) is 17.3. The maximum Gasteiger partial charge on any atom is 0.178 e. The van der Waals surface area contributed by atoms with Crippen molar-refractivity contribution < 1.29 is 0 Å². The van der Waals surface area contributed by atoms with Crippen molar-refractivity contribution in [1.29, 1.82) is 0 Å². The SMILES string of the molecule is Cc1nnc2ccc(N3CCN(c4cc5c(nn4)CCC5)CC3)nn12. The van der Waals surface area contributed by atoms with Crippen molar-refractivity contribution >= 4 is 17.3 Å². The van der Waals surface area contributed by atoms with E-state index in [9.17, 15) is 0 Å². The van der Waals surface area contributed by atoms with Crippen LogP contribution in [0.3, 0.4) is 0 Å². The number of aryl methyl sites for hydroxylation is 3. The molecule has 5 rings (SSSR count). The van der Waals surface area contributed by atoms with Crippen LogP contribution in [0.4, 0.5) is 11.6 Å². The standard InChI is InChI=1S/C17H20N8/c1-12-18-20-15-5-6-16(22-25(12)15)23-7-9-24(10-8-23)17-11-13-3-2-4-14(13)19-21-17/h5-6,11H,2-4,7-10H2,1H3. The van der Waals surface area contributed by atoms with Crippen LogP contribution in [-0.2, 0) is 12.8 Å². The highest BCUT2D eigenvalue weighted by atomic mass is 15.4. The van der Waals surface area contributed by atoms with E-state index in [-0.39, 0.29) is 0 Å². The molecule has 0 N–H and O–H groups in total. The van der Waals surface area contributed by atoms with Gasteiger partial charge < -0.3 is 9.80 Å². The molecule has 0 amide bonds. The Morgan fingerprint density at radius 3 is 2.48 bits per heavy atom. The van der Waals surface area contributed by atoms with Gasteiger partial charge in [-0.1, -0.05) is 0 Å². The Kier molecular flexibility index (Phi) is 3.29. The summed E-state index contributed by atoms with van der Waals surface area (Å²) in [5.41, 5.74) is 3.35. The zero-order valence-electron chi connectivity index (χ0n) is 14.3. The Labute approximate surface area is 145 Å². The molecule has 0 atom stereocenters. The molecule has 128 valence electrons. The fourth-order valence-electron chi connectivity index (χ4n) is 3.69. The first-order valence-corrected chi connectivity index (χ1v) is 8.82. The van der Waals surface area contributed by atoms with Crippen LogP contribution in [0, 0.1) is 6.92 Å². The molecule has 1 saturated heterocycles. The van der Waals surface area contributed by atoms with Crippen molar-refractivity contribution in [3.05, 3.63) is 35.3 Å². The second-order valence-electron chi connectivity index (χ2n) is 6.71. The molecule has 1 aliphatic carbocycles. The summed E-state index contributed by atoms with van der Waals surface area (Å²) in [6, 6.07) is 6.23. The predicted molar refractivity (Wildman–Crippen MR) is 94.0 cm³/mol. The topological polar surface area (TPSA) is 75.3 Å². The van der Waals surface area contributed by atoms with Crippen LogP contribution in [0.2, 0.25) is 0 Å². The molecule has 3 aromatic rings. The van der Waals surface area contributed by atoms with E-state index in [1.165, 1.54) is 17.7 Å². The summed E-state index contributed by atoms with van der Waals surface area (Å²) in [7, 11) is 0. The largest absolute Gasteiger partial charge is 0.352 e. The first-order valence-electron chi connectivity index (χ1n) is 8.82. The maximum absolute atomic E-state index is 4.67. The second-order valence-corrected chi connectivity index (χ2v) is 6.71. The Bertz CT molecular complexity index is 926. The number of hydrogen-bond acceptors (Lipinski definition) is 7. The molecular weight excluding hydrogens is 316 g/mol. The lowest BCUT2D eigenvalue weighted by Gasteiger charge is -2.35. The number of nitrogens with zero attached hydrogens (tertiary/aromatic N) is 8. The third-order valence-electron chi connectivity index (χ3n) is 5.14. The van der Waals surface area contributed by atoms with Crippen LogP contribution in [0.15, 0.2) is 18.2 Å². The van der Waals surface area contributed by atoms with Gasteiger partial charge in [-0.3, -0.25) is 0 Å². The zero-order valence-corrected chi connectivity index (χ0v) is 14.3. The maximum atomic E-state index is 4.67. The molecule has 4 heterocycles. The monoisotopic (exact) mass is 336 g/mol. The molecule has 0 radical (unpaired) electrons. The molecule has 0 spiro atoms. The van der Waals surface area contributed by atoms with E-state index in [0.717, 1.165) is 62.1 Å². The highest BCUT2D eigenvalue weighted by molar-refractivity contribution is 5.49. The first kappa shape index (κ1) is 14.6. The quantitative estimate of drug-likeness (QED) is 0.692. The van der Waals surface area contributed by atoms with E-state index in [1.54, 1.807) is 4.52 Å². The Hall–Kier alpha value is -2.77. The fourth-order valence-corrected chi connectivity index (χ4v) is 3.69. The number of fused-ring (bicyclic) bond motifs is 2. The van der Waals surface area contributed by atoms with E-state index in [4.69, 9.17) is 0 Å². The van der Waals surface area contributed by atoms with E-state index in [0.29, 0.717) is 0 Å². The number of piperazine rings is 1. The number of aromatic nitrogens is 6. The summed E-state index contributed by atoms with van der Waals surface area (Å²) in [5, 5.41) is 21.7. The third kappa shape index (κ3) is 2.48. The van der Waals surface area contributed by atoms with Gasteiger partial charge in [0, 0.05) is 26.2 Å². The van der Waals surface area contributed by atoms with E-state index in [1.807, 2.05) is 19.1 Å². The number of anilines is 2. The lowest BCUT2D eigenvalue weighted by Crippen LogP contribution is -2.47. The molecule has 0 bridgehead atoms. The molecule has 8 nitrogen and oxygen atoms in total. The van der Waals surface area contributed by atoms with Gasteiger partial charge in [0.25, 0.3) is 0 Å². The highest BCUT2D eigenvalue weighted by Gasteiger charge is 2.22. The van der Waals surface area contributed by atoms with Gasteiger partial charge in [-0.25, -0.2) is 0 Å². The van der Waals surface area contributed by atoms with Gasteiger partial charge >= 0.3 is 0 Å². The fraction of sp³-hybridized carbons (Fsp3) is 0.471. The summed E-state index contributed by atoms with van der Waals surface area (Å²) < 4.78 is 1.80. The Morgan fingerprint density at radius 1 is 0.840 bits per heavy atom. The number of rotatable bonds is 2. The van der Waals surface area contributed by atoms with Crippen molar-refractivity contribution in [2.75, 3.05) is 36.0 Å². The summed E-state index contributed by atoms with van der Waals surface area (Å²) in [5.74, 6) is 2.79. The van der Waals surface area contributed by atoms with Crippen molar-refractivity contribution in [2.45, 2.75) is 26.2 Å². The third-order valence-corrected chi connectivity index (χ3v) is 5.14. The van der Waals surface area contributed by atoms with E-state index >= 15 is 0 Å².